The zero-order valence-corrected chi connectivity index (χ0v) is 20.7. The average Bonchev–Trinajstić information content (AvgIpc) is 3.41. The van der Waals surface area contributed by atoms with Crippen molar-refractivity contribution in [2.45, 2.75) is 38.3 Å². The molecule has 0 bridgehead atoms. The summed E-state index contributed by atoms with van der Waals surface area (Å²) >= 11 is 2.24. The second-order valence-corrected chi connectivity index (χ2v) is 9.41. The lowest BCUT2D eigenvalue weighted by Gasteiger charge is -2.20. The Hall–Kier alpha value is -3.00. The smallest absolute Gasteiger partial charge is 0.312 e. The van der Waals surface area contributed by atoms with Crippen LogP contribution in [-0.4, -0.2) is 49.5 Å². The lowest BCUT2D eigenvalue weighted by Crippen LogP contribution is -2.42. The number of aromatic nitrogens is 4. The monoisotopic (exact) mass is 582 g/mol. The number of nitrogens with one attached hydrogen (secondary N) is 1. The summed E-state index contributed by atoms with van der Waals surface area (Å²) in [6, 6.07) is 7.76. The van der Waals surface area contributed by atoms with Crippen molar-refractivity contribution in [3.63, 3.8) is 0 Å². The number of hydrogen-bond donors (Lipinski definition) is 3. The molecule has 0 spiro atoms. The molecule has 3 heterocycles. The van der Waals surface area contributed by atoms with Gasteiger partial charge in [-0.05, 0) is 54.5 Å². The Morgan fingerprint density at radius 3 is 2.79 bits per heavy atom. The number of allylic oxidation sites excluding steroid dienone is 1. The summed E-state index contributed by atoms with van der Waals surface area (Å²) in [4.78, 5) is 24.3. The average molecular weight is 582 g/mol. The third-order valence-corrected chi connectivity index (χ3v) is 6.26. The van der Waals surface area contributed by atoms with Crippen LogP contribution in [0.5, 0.6) is 0 Å². The normalized spacial score (nSPS) is 14.4. The molecule has 0 aliphatic carbocycles. The number of carbonyl (C=O) groups is 1. The number of ether oxygens (including phenoxy) is 2. The molecule has 4 rings (SSSR count). The number of aliphatic hydroxyl groups is 1. The van der Waals surface area contributed by atoms with Crippen molar-refractivity contribution in [2.24, 2.45) is 0 Å². The Kier molecular flexibility index (Phi) is 6.89. The van der Waals surface area contributed by atoms with E-state index >= 15 is 0 Å². The van der Waals surface area contributed by atoms with Crippen LogP contribution in [0.25, 0.3) is 11.2 Å². The highest BCUT2D eigenvalue weighted by atomic mass is 127. The highest BCUT2D eigenvalue weighted by Gasteiger charge is 2.32. The van der Waals surface area contributed by atoms with Crippen molar-refractivity contribution >= 4 is 45.5 Å². The van der Waals surface area contributed by atoms with Gasteiger partial charge in [0.1, 0.15) is 29.4 Å². The van der Waals surface area contributed by atoms with Crippen molar-refractivity contribution in [3.8, 4) is 0 Å². The fourth-order valence-electron chi connectivity index (χ4n) is 3.64. The minimum atomic E-state index is -1.49. The fraction of sp³-hybridized carbons (Fsp3) is 0.364. The second-order valence-electron chi connectivity index (χ2n) is 8.24. The van der Waals surface area contributed by atoms with Gasteiger partial charge in [0.05, 0.1) is 0 Å². The summed E-state index contributed by atoms with van der Waals surface area (Å²) < 4.78 is 27.9. The Labute approximate surface area is 208 Å². The first-order valence-corrected chi connectivity index (χ1v) is 11.6. The second kappa shape index (κ2) is 9.70. The Morgan fingerprint density at radius 2 is 2.12 bits per heavy atom. The van der Waals surface area contributed by atoms with Crippen LogP contribution < -0.4 is 11.1 Å². The van der Waals surface area contributed by atoms with E-state index in [4.69, 9.17) is 20.2 Å². The maximum Gasteiger partial charge on any atom is 0.312 e. The summed E-state index contributed by atoms with van der Waals surface area (Å²) in [7, 11) is 0. The molecule has 1 amide bonds. The van der Waals surface area contributed by atoms with Gasteiger partial charge in [-0.15, -0.1) is 0 Å². The van der Waals surface area contributed by atoms with Gasteiger partial charge in [0.25, 0.3) is 5.91 Å². The predicted octanol–water partition coefficient (Wildman–Crippen LogP) is 2.41. The van der Waals surface area contributed by atoms with E-state index in [0.717, 1.165) is 9.13 Å². The molecular formula is C22H24FIN6O4. The molecule has 1 aliphatic rings. The van der Waals surface area contributed by atoms with Gasteiger partial charge in [-0.1, -0.05) is 18.2 Å². The standard InChI is InChI=1S/C22H24FIN6O4/c1-22(2,32)20(31)26-8-5-9-30-18(27-16-17(25)28-21(23)29-19(16)30)15(14-10-33-11-34-14)12-6-3-4-7-13(12)24/h3-4,6-7,10,15,32H,5,8-9,11H2,1-2H3,(H,26,31)(H2,25,28,29). The predicted molar refractivity (Wildman–Crippen MR) is 130 cm³/mol. The van der Waals surface area contributed by atoms with E-state index in [1.165, 1.54) is 20.1 Å². The summed E-state index contributed by atoms with van der Waals surface area (Å²) in [5, 5.41) is 12.5. The van der Waals surface area contributed by atoms with Crippen LogP contribution in [0.15, 0.2) is 36.3 Å². The molecule has 0 fully saturated rings. The van der Waals surface area contributed by atoms with E-state index in [1.54, 1.807) is 4.57 Å². The van der Waals surface area contributed by atoms with Crippen LogP contribution in [0.1, 0.15) is 37.6 Å². The molecule has 0 saturated carbocycles. The Bertz CT molecular complexity index is 1260. The molecule has 1 unspecified atom stereocenters. The van der Waals surface area contributed by atoms with Crippen LogP contribution in [0.3, 0.4) is 0 Å². The molecule has 180 valence electrons. The van der Waals surface area contributed by atoms with Gasteiger partial charge in [0.15, 0.2) is 17.0 Å². The topological polar surface area (TPSA) is 137 Å². The highest BCUT2D eigenvalue weighted by molar-refractivity contribution is 14.1. The largest absolute Gasteiger partial charge is 0.462 e. The first kappa shape index (κ1) is 24.1. The van der Waals surface area contributed by atoms with Gasteiger partial charge >= 0.3 is 6.08 Å². The minimum absolute atomic E-state index is 0.0723. The highest BCUT2D eigenvalue weighted by Crippen LogP contribution is 2.38. The first-order chi connectivity index (χ1) is 16.2. The number of halogens is 2. The van der Waals surface area contributed by atoms with Crippen molar-refractivity contribution in [2.75, 3.05) is 19.1 Å². The number of nitrogens with two attached hydrogens (primary N) is 1. The van der Waals surface area contributed by atoms with Gasteiger partial charge in [-0.2, -0.15) is 14.4 Å². The third-order valence-electron chi connectivity index (χ3n) is 5.28. The lowest BCUT2D eigenvalue weighted by molar-refractivity contribution is -0.136. The minimum Gasteiger partial charge on any atom is -0.462 e. The number of hydrogen-bond acceptors (Lipinski definition) is 8. The van der Waals surface area contributed by atoms with Gasteiger partial charge < -0.3 is 30.2 Å². The molecule has 3 aromatic rings. The number of amides is 1. The fourth-order valence-corrected chi connectivity index (χ4v) is 4.34. The summed E-state index contributed by atoms with van der Waals surface area (Å²) in [5.41, 5.74) is 5.92. The number of imidazole rings is 1. The first-order valence-electron chi connectivity index (χ1n) is 10.6. The van der Waals surface area contributed by atoms with E-state index in [-0.39, 0.29) is 30.3 Å². The van der Waals surface area contributed by atoms with Crippen molar-refractivity contribution < 1.29 is 23.8 Å². The maximum absolute atomic E-state index is 14.1. The maximum atomic E-state index is 14.1. The molecule has 0 saturated heterocycles. The van der Waals surface area contributed by atoms with E-state index in [9.17, 15) is 14.3 Å². The molecule has 1 atom stereocenters. The number of aryl methyl sites for hydroxylation is 1. The molecule has 1 aromatic carbocycles. The molecule has 2 aromatic heterocycles. The molecule has 34 heavy (non-hydrogen) atoms. The SMILES string of the molecule is CC(C)(O)C(=O)NCCCn1c(C(C2=COCO2)c2ccccc2I)nc2c(N)nc(F)nc21. The van der Waals surface area contributed by atoms with E-state index in [1.807, 2.05) is 24.3 Å². The quantitative estimate of drug-likeness (QED) is 0.209. The number of carbonyl (C=O) groups excluding carboxylic acids is 1. The molecule has 1 aliphatic heterocycles. The summed E-state index contributed by atoms with van der Waals surface area (Å²) in [6.07, 6.45) is 1.04. The van der Waals surface area contributed by atoms with E-state index < -0.39 is 23.5 Å². The Morgan fingerprint density at radius 1 is 1.35 bits per heavy atom. The summed E-state index contributed by atoms with van der Waals surface area (Å²) in [6.45, 7) is 3.52. The zero-order chi connectivity index (χ0) is 24.5. The van der Waals surface area contributed by atoms with Crippen molar-refractivity contribution in [1.82, 2.24) is 24.8 Å². The lowest BCUT2D eigenvalue weighted by atomic mass is 9.96. The van der Waals surface area contributed by atoms with Gasteiger partial charge in [0, 0.05) is 16.7 Å². The van der Waals surface area contributed by atoms with Crippen molar-refractivity contribution in [3.05, 3.63) is 57.3 Å². The number of rotatable bonds is 8. The third kappa shape index (κ3) is 4.92. The summed E-state index contributed by atoms with van der Waals surface area (Å²) in [5.74, 6) is 0.0358. The molecule has 0 radical (unpaired) electrons. The molecule has 10 nitrogen and oxygen atoms in total. The van der Waals surface area contributed by atoms with E-state index in [2.05, 4.69) is 37.9 Å². The molecular weight excluding hydrogens is 558 g/mol. The van der Waals surface area contributed by atoms with Crippen LogP contribution in [0, 0.1) is 9.65 Å². The number of nitrogen functional groups attached to an aromatic ring is 1. The van der Waals surface area contributed by atoms with Gasteiger partial charge in [-0.25, -0.2) is 4.98 Å². The molecule has 4 N–H and O–H groups in total. The zero-order valence-electron chi connectivity index (χ0n) is 18.6. The van der Waals surface area contributed by atoms with E-state index in [0.29, 0.717) is 24.5 Å². The van der Waals surface area contributed by atoms with Gasteiger partial charge in [-0.3, -0.25) is 4.79 Å². The number of nitrogens with zero attached hydrogens (tertiary/aromatic N) is 4. The van der Waals surface area contributed by atoms with Crippen molar-refractivity contribution in [1.29, 1.82) is 0 Å². The van der Waals surface area contributed by atoms with Crippen LogP contribution in [0.2, 0.25) is 0 Å². The Balaban J connectivity index is 1.77. The van der Waals surface area contributed by atoms with Gasteiger partial charge in [0.2, 0.25) is 6.79 Å². The number of benzene rings is 1. The van der Waals surface area contributed by atoms with Crippen LogP contribution in [-0.2, 0) is 20.8 Å². The number of anilines is 1. The van der Waals surface area contributed by atoms with Crippen LogP contribution in [0.4, 0.5) is 10.2 Å². The van der Waals surface area contributed by atoms with Crippen LogP contribution >= 0.6 is 22.6 Å². The molecule has 12 heteroatoms. The number of fused-ring (bicyclic) bond motifs is 1.